The van der Waals surface area contributed by atoms with E-state index in [9.17, 15) is 0 Å². The molecule has 1 aliphatic carbocycles. The van der Waals surface area contributed by atoms with Gasteiger partial charge >= 0.3 is 0 Å². The predicted molar refractivity (Wildman–Crippen MR) is 51.1 cm³/mol. The lowest BCUT2D eigenvalue weighted by Crippen LogP contribution is -2.37. The first kappa shape index (κ1) is 7.93. The van der Waals surface area contributed by atoms with E-state index in [1.807, 2.05) is 0 Å². The van der Waals surface area contributed by atoms with Gasteiger partial charge in [0, 0.05) is 17.8 Å². The summed E-state index contributed by atoms with van der Waals surface area (Å²) in [5.74, 6) is 2.78. The maximum atomic E-state index is 2.62. The molecule has 0 aromatic carbocycles. The molecule has 2 fully saturated rings. The van der Waals surface area contributed by atoms with Gasteiger partial charge in [-0.25, -0.2) is 0 Å². The number of rotatable bonds is 2. The van der Waals surface area contributed by atoms with Crippen LogP contribution in [0.2, 0.25) is 0 Å². The average Bonchev–Trinajstić information content (AvgIpc) is 2.87. The summed E-state index contributed by atoms with van der Waals surface area (Å²) >= 11 is 2.13. The van der Waals surface area contributed by atoms with E-state index in [2.05, 4.69) is 23.7 Å². The van der Waals surface area contributed by atoms with Crippen LogP contribution in [0.4, 0.5) is 0 Å². The third-order valence-corrected chi connectivity index (χ3v) is 4.03. The van der Waals surface area contributed by atoms with Gasteiger partial charge in [-0.2, -0.15) is 11.8 Å². The van der Waals surface area contributed by atoms with Crippen molar-refractivity contribution in [1.82, 2.24) is 4.90 Å². The number of hydrogen-bond acceptors (Lipinski definition) is 2. The summed E-state index contributed by atoms with van der Waals surface area (Å²) in [6.45, 7) is 0. The van der Waals surface area contributed by atoms with Crippen molar-refractivity contribution >= 4 is 11.8 Å². The van der Waals surface area contributed by atoms with Crippen molar-refractivity contribution < 1.29 is 0 Å². The lowest BCUT2D eigenvalue weighted by atomic mass is 10.1. The molecule has 2 heteroatoms. The molecule has 0 N–H and O–H groups in total. The molecule has 0 aromatic heterocycles. The fourth-order valence-corrected chi connectivity index (χ4v) is 3.04. The number of nitrogens with zero attached hydrogens (tertiary/aromatic N) is 1. The van der Waals surface area contributed by atoms with Crippen molar-refractivity contribution in [3.05, 3.63) is 0 Å². The Morgan fingerprint density at radius 1 is 1.18 bits per heavy atom. The molecule has 11 heavy (non-hydrogen) atoms. The second-order valence-corrected chi connectivity index (χ2v) is 4.92. The zero-order valence-corrected chi connectivity index (χ0v) is 8.07. The molecule has 2 aliphatic rings. The third kappa shape index (κ3) is 1.91. The van der Waals surface area contributed by atoms with E-state index in [1.54, 1.807) is 0 Å². The summed E-state index contributed by atoms with van der Waals surface area (Å²) in [5.41, 5.74) is 0. The second-order valence-electron chi connectivity index (χ2n) is 3.77. The average molecular weight is 171 g/mol. The Morgan fingerprint density at radius 3 is 2.55 bits per heavy atom. The highest BCUT2D eigenvalue weighted by Crippen LogP contribution is 2.31. The van der Waals surface area contributed by atoms with E-state index in [0.29, 0.717) is 0 Å². The van der Waals surface area contributed by atoms with Crippen LogP contribution in [0.25, 0.3) is 0 Å². The Labute approximate surface area is 73.5 Å². The molecule has 0 spiro atoms. The van der Waals surface area contributed by atoms with Crippen LogP contribution in [-0.4, -0.2) is 35.5 Å². The zero-order valence-electron chi connectivity index (χ0n) is 7.25. The lowest BCUT2D eigenvalue weighted by Gasteiger charge is -2.30. The largest absolute Gasteiger partial charge is 0.300 e. The highest BCUT2D eigenvalue weighted by molar-refractivity contribution is 7.99. The maximum Gasteiger partial charge on any atom is 0.0186 e. The van der Waals surface area contributed by atoms with Gasteiger partial charge in [-0.1, -0.05) is 0 Å². The van der Waals surface area contributed by atoms with Crippen LogP contribution >= 0.6 is 11.8 Å². The molecular weight excluding hydrogens is 154 g/mol. The quantitative estimate of drug-likeness (QED) is 0.625. The fourth-order valence-electron chi connectivity index (χ4n) is 1.82. The first-order chi connectivity index (χ1) is 5.38. The Morgan fingerprint density at radius 2 is 2.00 bits per heavy atom. The molecule has 0 radical (unpaired) electrons. The highest BCUT2D eigenvalue weighted by atomic mass is 32.2. The maximum absolute atomic E-state index is 2.62. The van der Waals surface area contributed by atoms with Crippen LogP contribution in [-0.2, 0) is 0 Å². The van der Waals surface area contributed by atoms with Gasteiger partial charge in [0.05, 0.1) is 0 Å². The van der Waals surface area contributed by atoms with Crippen molar-refractivity contribution in [2.24, 2.45) is 0 Å². The van der Waals surface area contributed by atoms with Crippen LogP contribution in [0.3, 0.4) is 0 Å². The first-order valence-electron chi connectivity index (χ1n) is 4.67. The van der Waals surface area contributed by atoms with Gasteiger partial charge in [0.25, 0.3) is 0 Å². The summed E-state index contributed by atoms with van der Waals surface area (Å²) in [6, 6.07) is 1.86. The van der Waals surface area contributed by atoms with Gasteiger partial charge in [0.15, 0.2) is 0 Å². The van der Waals surface area contributed by atoms with Gasteiger partial charge in [0.1, 0.15) is 0 Å². The Bertz CT molecular complexity index is 128. The lowest BCUT2D eigenvalue weighted by molar-refractivity contribution is 0.236. The summed E-state index contributed by atoms with van der Waals surface area (Å²) in [7, 11) is 2.31. The molecule has 1 unspecified atom stereocenters. The van der Waals surface area contributed by atoms with Gasteiger partial charge in [0.2, 0.25) is 0 Å². The SMILES string of the molecule is CN(C1CC1)C1CCCSC1. The smallest absolute Gasteiger partial charge is 0.0186 e. The molecule has 0 amide bonds. The molecular formula is C9H17NS. The molecule has 1 saturated carbocycles. The standard InChI is InChI=1S/C9H17NS/c1-10(8-4-5-8)9-3-2-6-11-7-9/h8-9H,2-7H2,1H3. The summed E-state index contributed by atoms with van der Waals surface area (Å²) in [5, 5.41) is 0. The van der Waals surface area contributed by atoms with E-state index < -0.39 is 0 Å². The molecule has 0 bridgehead atoms. The molecule has 1 nitrogen and oxygen atoms in total. The first-order valence-corrected chi connectivity index (χ1v) is 5.83. The Balaban J connectivity index is 1.81. The Kier molecular flexibility index (Phi) is 2.42. The molecule has 1 saturated heterocycles. The predicted octanol–water partition coefficient (Wildman–Crippen LogP) is 1.98. The van der Waals surface area contributed by atoms with E-state index in [0.717, 1.165) is 12.1 Å². The van der Waals surface area contributed by atoms with Crippen molar-refractivity contribution in [2.45, 2.75) is 37.8 Å². The minimum absolute atomic E-state index is 0.904. The molecule has 1 aliphatic heterocycles. The molecule has 2 rings (SSSR count). The fraction of sp³-hybridized carbons (Fsp3) is 1.00. The van der Waals surface area contributed by atoms with Crippen molar-refractivity contribution in [1.29, 1.82) is 0 Å². The van der Waals surface area contributed by atoms with Crippen LogP contribution in [0.1, 0.15) is 25.7 Å². The number of hydrogen-bond donors (Lipinski definition) is 0. The number of thioether (sulfide) groups is 1. The van der Waals surface area contributed by atoms with E-state index >= 15 is 0 Å². The van der Waals surface area contributed by atoms with Crippen LogP contribution in [0, 0.1) is 0 Å². The minimum atomic E-state index is 0.904. The second kappa shape index (κ2) is 3.36. The normalized spacial score (nSPS) is 32.7. The molecule has 0 aromatic rings. The van der Waals surface area contributed by atoms with Gasteiger partial charge in [-0.3, -0.25) is 4.90 Å². The minimum Gasteiger partial charge on any atom is -0.300 e. The highest BCUT2D eigenvalue weighted by Gasteiger charge is 2.31. The third-order valence-electron chi connectivity index (χ3n) is 2.84. The van der Waals surface area contributed by atoms with E-state index in [4.69, 9.17) is 0 Å². The van der Waals surface area contributed by atoms with Crippen molar-refractivity contribution in [3.63, 3.8) is 0 Å². The van der Waals surface area contributed by atoms with Crippen LogP contribution in [0.15, 0.2) is 0 Å². The molecule has 1 heterocycles. The van der Waals surface area contributed by atoms with E-state index in [1.165, 1.54) is 37.2 Å². The van der Waals surface area contributed by atoms with Gasteiger partial charge in [-0.05, 0) is 38.5 Å². The van der Waals surface area contributed by atoms with Gasteiger partial charge < -0.3 is 0 Å². The Hall–Kier alpha value is 0.310. The van der Waals surface area contributed by atoms with E-state index in [-0.39, 0.29) is 0 Å². The monoisotopic (exact) mass is 171 g/mol. The zero-order chi connectivity index (χ0) is 7.68. The van der Waals surface area contributed by atoms with Crippen LogP contribution in [0.5, 0.6) is 0 Å². The molecule has 1 atom stereocenters. The van der Waals surface area contributed by atoms with Crippen LogP contribution < -0.4 is 0 Å². The molecule has 64 valence electrons. The van der Waals surface area contributed by atoms with Crippen molar-refractivity contribution in [2.75, 3.05) is 18.6 Å². The van der Waals surface area contributed by atoms with Gasteiger partial charge in [-0.15, -0.1) is 0 Å². The summed E-state index contributed by atoms with van der Waals surface area (Å²) in [4.78, 5) is 2.62. The summed E-state index contributed by atoms with van der Waals surface area (Å²) in [6.07, 6.45) is 5.79. The topological polar surface area (TPSA) is 3.24 Å². The summed E-state index contributed by atoms with van der Waals surface area (Å²) < 4.78 is 0. The van der Waals surface area contributed by atoms with Crippen molar-refractivity contribution in [3.8, 4) is 0 Å².